The van der Waals surface area contributed by atoms with Gasteiger partial charge < -0.3 is 98.2 Å². The zero-order chi connectivity index (χ0) is 34.9. The lowest BCUT2D eigenvalue weighted by atomic mass is 9.84. The summed E-state index contributed by atoms with van der Waals surface area (Å²) in [6.45, 7) is 2.32. The fourth-order valence-electron chi connectivity index (χ4n) is 6.12. The third-order valence-corrected chi connectivity index (χ3v) is 9.14. The van der Waals surface area contributed by atoms with Crippen molar-refractivity contribution in [2.24, 2.45) is 34.6 Å². The van der Waals surface area contributed by atoms with Gasteiger partial charge in [-0.2, -0.15) is 0 Å². The monoisotopic (exact) mass is 684 g/mol. The highest BCUT2D eigenvalue weighted by atomic mass is 16.8. The first-order valence-corrected chi connectivity index (χ1v) is 15.7. The number of rotatable bonds is 11. The fourth-order valence-corrected chi connectivity index (χ4v) is 6.12. The van der Waals surface area contributed by atoms with Crippen molar-refractivity contribution in [2.45, 2.75) is 137 Å². The molecule has 47 heavy (non-hydrogen) atoms. The summed E-state index contributed by atoms with van der Waals surface area (Å²) in [5, 5.41) is 76.7. The Morgan fingerprint density at radius 1 is 0.702 bits per heavy atom. The van der Waals surface area contributed by atoms with E-state index in [9.17, 15) is 40.5 Å². The highest BCUT2D eigenvalue weighted by Gasteiger charge is 2.54. The van der Waals surface area contributed by atoms with Crippen molar-refractivity contribution in [2.75, 3.05) is 19.7 Å². The van der Waals surface area contributed by atoms with Gasteiger partial charge in [0.2, 0.25) is 5.91 Å². The number of carbonyl (C=O) groups excluding carboxylic acids is 1. The van der Waals surface area contributed by atoms with Crippen molar-refractivity contribution >= 4 is 5.91 Å². The molecule has 0 aromatic rings. The summed E-state index contributed by atoms with van der Waals surface area (Å²) in [6.07, 6.45) is -20.5. The normalized spacial score (nSPS) is 49.3. The van der Waals surface area contributed by atoms with Crippen molar-refractivity contribution in [3.63, 3.8) is 0 Å². The molecule has 0 aromatic heterocycles. The van der Waals surface area contributed by atoms with Crippen molar-refractivity contribution in [1.29, 1.82) is 0 Å². The van der Waals surface area contributed by atoms with E-state index in [1.165, 1.54) is 0 Å². The molecule has 0 spiro atoms. The number of amides is 1. The Kier molecular flexibility index (Phi) is 13.3. The van der Waals surface area contributed by atoms with E-state index in [2.05, 4.69) is 5.32 Å². The van der Waals surface area contributed by atoms with Crippen LogP contribution in [0.25, 0.3) is 0 Å². The molecular weight excluding hydrogens is 632 g/mol. The molecule has 0 bridgehead atoms. The van der Waals surface area contributed by atoms with Gasteiger partial charge in [-0.3, -0.25) is 4.79 Å². The highest BCUT2D eigenvalue weighted by Crippen LogP contribution is 2.34. The van der Waals surface area contributed by atoms with E-state index in [-0.39, 0.29) is 31.3 Å². The predicted molar refractivity (Wildman–Crippen MR) is 157 cm³/mol. The standard InChI is InChI=1S/C27H52N6O14/c1-7(2)24(41)33-5-11-17(37)19(39)14(32)26(43-11)46-22-12(6-34)44-27(20(22)40)47-23-15(35)8(29)3-9(30)21(23)45-25-13(31)18(38)16(36)10(4-28)42-25/h7-23,25-27,34-40H,3-6,28-32H2,1-2H3,(H,33,41)/t8-,9?,10?,11?,12-,13?,14?,15?,16-,17-,18-,19+,20?,21-,22+,23-,25-,26-,27+/m1/s1. The number of hydrogen-bond acceptors (Lipinski definition) is 19. The maximum Gasteiger partial charge on any atom is 0.222 e. The van der Waals surface area contributed by atoms with E-state index in [1.807, 2.05) is 0 Å². The van der Waals surface area contributed by atoms with Gasteiger partial charge in [-0.05, 0) is 6.42 Å². The molecule has 4 aliphatic rings. The predicted octanol–water partition coefficient (Wildman–Crippen LogP) is -8.08. The zero-order valence-electron chi connectivity index (χ0n) is 26.3. The summed E-state index contributed by atoms with van der Waals surface area (Å²) in [5.74, 6) is -0.673. The van der Waals surface area contributed by atoms with Crippen LogP contribution in [0.1, 0.15) is 20.3 Å². The number of carbonyl (C=O) groups is 1. The molecule has 274 valence electrons. The number of nitrogens with two attached hydrogens (primary N) is 5. The van der Waals surface area contributed by atoms with Crippen LogP contribution in [0.5, 0.6) is 0 Å². The van der Waals surface area contributed by atoms with E-state index >= 15 is 0 Å². The Bertz CT molecular complexity index is 1020. The minimum absolute atomic E-state index is 0.0715. The van der Waals surface area contributed by atoms with Crippen LogP contribution in [0.3, 0.4) is 0 Å². The van der Waals surface area contributed by atoms with Gasteiger partial charge in [0.05, 0.1) is 24.8 Å². The average molecular weight is 685 g/mol. The molecule has 1 aliphatic carbocycles. The lowest BCUT2D eigenvalue weighted by Gasteiger charge is -2.47. The van der Waals surface area contributed by atoms with Gasteiger partial charge in [0, 0.05) is 31.1 Å². The third kappa shape index (κ3) is 8.22. The van der Waals surface area contributed by atoms with E-state index in [0.29, 0.717) is 0 Å². The maximum absolute atomic E-state index is 12.1. The SMILES string of the molecule is CC(C)C(=O)NCC1O[C@H](O[C@@H]2C(O)[C@H](O[C@@H]3C(O)[C@H](N)CC(N)[C@H]3O[C@H]3OC(CN)[C@@H](O)[C@H](O)C3N)O[C@@H]2CO)C(N)[C@H](O)[C@@H]1O. The smallest absolute Gasteiger partial charge is 0.222 e. The maximum atomic E-state index is 12.1. The molecule has 19 atom stereocenters. The quantitative estimate of drug-likeness (QED) is 0.0960. The van der Waals surface area contributed by atoms with Gasteiger partial charge in [-0.1, -0.05) is 13.8 Å². The van der Waals surface area contributed by atoms with Crippen molar-refractivity contribution in [3.8, 4) is 0 Å². The average Bonchev–Trinajstić information content (AvgIpc) is 3.33. The molecule has 18 N–H and O–H groups in total. The second-order valence-corrected chi connectivity index (χ2v) is 12.9. The number of aliphatic hydroxyl groups excluding tert-OH is 7. The Morgan fingerprint density at radius 3 is 1.77 bits per heavy atom. The number of hydrogen-bond donors (Lipinski definition) is 13. The van der Waals surface area contributed by atoms with Crippen molar-refractivity contribution in [1.82, 2.24) is 5.32 Å². The van der Waals surface area contributed by atoms with Gasteiger partial charge in [-0.25, -0.2) is 0 Å². The summed E-state index contributed by atoms with van der Waals surface area (Å²) in [5.41, 5.74) is 30.2. The first-order chi connectivity index (χ1) is 22.1. The number of ether oxygens (including phenoxy) is 6. The van der Waals surface area contributed by atoms with Crippen LogP contribution < -0.4 is 34.0 Å². The Labute approximate surface area is 271 Å². The van der Waals surface area contributed by atoms with Gasteiger partial charge in [0.15, 0.2) is 18.9 Å². The molecule has 3 saturated heterocycles. The molecule has 0 radical (unpaired) electrons. The van der Waals surface area contributed by atoms with Crippen LogP contribution in [0.4, 0.5) is 0 Å². The third-order valence-electron chi connectivity index (χ3n) is 9.14. The highest BCUT2D eigenvalue weighted by molar-refractivity contribution is 5.77. The zero-order valence-corrected chi connectivity index (χ0v) is 26.3. The first kappa shape index (κ1) is 38.6. The van der Waals surface area contributed by atoms with Crippen LogP contribution in [0, 0.1) is 5.92 Å². The first-order valence-electron chi connectivity index (χ1n) is 15.7. The van der Waals surface area contributed by atoms with Crippen LogP contribution in [-0.4, -0.2) is 178 Å². The van der Waals surface area contributed by atoms with Crippen molar-refractivity contribution < 1.29 is 69.0 Å². The Hall–Kier alpha value is -1.25. The van der Waals surface area contributed by atoms with E-state index < -0.39 is 123 Å². The van der Waals surface area contributed by atoms with E-state index in [0.717, 1.165) is 0 Å². The van der Waals surface area contributed by atoms with Crippen LogP contribution in [0.2, 0.25) is 0 Å². The number of aliphatic hydroxyl groups is 7. The second-order valence-electron chi connectivity index (χ2n) is 12.9. The van der Waals surface area contributed by atoms with Crippen LogP contribution in [-0.2, 0) is 33.2 Å². The van der Waals surface area contributed by atoms with Gasteiger partial charge in [-0.15, -0.1) is 0 Å². The second kappa shape index (κ2) is 16.2. The minimum Gasteiger partial charge on any atom is -0.394 e. The molecule has 7 unspecified atom stereocenters. The molecule has 3 aliphatic heterocycles. The molecule has 1 amide bonds. The Balaban J connectivity index is 1.48. The molecule has 1 saturated carbocycles. The molecular formula is C27H52N6O14. The summed E-state index contributed by atoms with van der Waals surface area (Å²) in [7, 11) is 0. The fraction of sp³-hybridized carbons (Fsp3) is 0.963. The van der Waals surface area contributed by atoms with Crippen LogP contribution in [0.15, 0.2) is 0 Å². The largest absolute Gasteiger partial charge is 0.394 e. The van der Waals surface area contributed by atoms with E-state index in [4.69, 9.17) is 57.1 Å². The van der Waals surface area contributed by atoms with Crippen LogP contribution >= 0.6 is 0 Å². The van der Waals surface area contributed by atoms with Gasteiger partial charge in [0.1, 0.15) is 67.1 Å². The summed E-state index contributed by atoms with van der Waals surface area (Å²) in [4.78, 5) is 12.1. The lowest BCUT2D eigenvalue weighted by molar-refractivity contribution is -0.306. The van der Waals surface area contributed by atoms with Crippen molar-refractivity contribution in [3.05, 3.63) is 0 Å². The molecule has 0 aromatic carbocycles. The summed E-state index contributed by atoms with van der Waals surface area (Å²) in [6, 6.07) is -4.32. The van der Waals surface area contributed by atoms with Gasteiger partial charge >= 0.3 is 0 Å². The number of nitrogens with one attached hydrogen (secondary N) is 1. The molecule has 20 nitrogen and oxygen atoms in total. The Morgan fingerprint density at radius 2 is 1.21 bits per heavy atom. The molecule has 3 heterocycles. The minimum atomic E-state index is -1.65. The van der Waals surface area contributed by atoms with E-state index in [1.54, 1.807) is 13.8 Å². The molecule has 4 rings (SSSR count). The topological polar surface area (TPSA) is 356 Å². The lowest BCUT2D eigenvalue weighted by Crippen LogP contribution is -2.68. The summed E-state index contributed by atoms with van der Waals surface area (Å²) >= 11 is 0. The van der Waals surface area contributed by atoms with Gasteiger partial charge in [0.25, 0.3) is 0 Å². The molecule has 4 fully saturated rings. The molecule has 20 heteroatoms. The summed E-state index contributed by atoms with van der Waals surface area (Å²) < 4.78 is 35.1.